The van der Waals surface area contributed by atoms with Crippen LogP contribution >= 0.6 is 0 Å². The van der Waals surface area contributed by atoms with Crippen LogP contribution in [0.25, 0.3) is 0 Å². The van der Waals surface area contributed by atoms with Gasteiger partial charge in [-0.2, -0.15) is 5.10 Å². The van der Waals surface area contributed by atoms with E-state index in [1.54, 1.807) is 19.2 Å². The predicted octanol–water partition coefficient (Wildman–Crippen LogP) is -0.870. The highest BCUT2D eigenvalue weighted by Gasteiger charge is 2.12. The molecule has 0 bridgehead atoms. The van der Waals surface area contributed by atoms with Crippen LogP contribution in [-0.2, 0) is 20.9 Å². The van der Waals surface area contributed by atoms with Crippen molar-refractivity contribution < 1.29 is 14.3 Å². The number of rotatable bonds is 5. The molecule has 1 aromatic heterocycles. The Morgan fingerprint density at radius 1 is 1.62 bits per heavy atom. The van der Waals surface area contributed by atoms with Crippen molar-refractivity contribution in [3.63, 3.8) is 0 Å². The van der Waals surface area contributed by atoms with Gasteiger partial charge in [-0.15, -0.1) is 0 Å². The van der Waals surface area contributed by atoms with Gasteiger partial charge in [-0.25, -0.2) is 0 Å². The SMILES string of the molecule is CC(COC(=O)Cn1ccc(N)n1)C(N)=O. The lowest BCUT2D eigenvalue weighted by Crippen LogP contribution is -2.26. The van der Waals surface area contributed by atoms with E-state index in [2.05, 4.69) is 5.10 Å². The number of carbonyl (C=O) groups is 2. The first kappa shape index (κ1) is 12.0. The fraction of sp³-hybridized carbons (Fsp3) is 0.444. The minimum atomic E-state index is -0.504. The number of nitrogen functional groups attached to an aromatic ring is 1. The molecule has 0 saturated heterocycles. The first-order valence-corrected chi connectivity index (χ1v) is 4.73. The van der Waals surface area contributed by atoms with Crippen LogP contribution in [0.15, 0.2) is 12.3 Å². The van der Waals surface area contributed by atoms with E-state index in [0.717, 1.165) is 0 Å². The molecule has 7 nitrogen and oxygen atoms in total. The minimum Gasteiger partial charge on any atom is -0.463 e. The summed E-state index contributed by atoms with van der Waals surface area (Å²) in [4.78, 5) is 21.9. The van der Waals surface area contributed by atoms with Crippen molar-refractivity contribution in [1.29, 1.82) is 0 Å². The highest BCUT2D eigenvalue weighted by atomic mass is 16.5. The number of primary amides is 1. The number of ether oxygens (including phenoxy) is 1. The monoisotopic (exact) mass is 226 g/mol. The second-order valence-electron chi connectivity index (χ2n) is 3.42. The highest BCUT2D eigenvalue weighted by molar-refractivity contribution is 5.77. The number of amides is 1. The van der Waals surface area contributed by atoms with E-state index in [1.807, 2.05) is 0 Å². The lowest BCUT2D eigenvalue weighted by Gasteiger charge is -2.08. The highest BCUT2D eigenvalue weighted by Crippen LogP contribution is 1.98. The summed E-state index contributed by atoms with van der Waals surface area (Å²) in [7, 11) is 0. The van der Waals surface area contributed by atoms with E-state index in [4.69, 9.17) is 16.2 Å². The van der Waals surface area contributed by atoms with Crippen molar-refractivity contribution in [3.8, 4) is 0 Å². The van der Waals surface area contributed by atoms with Gasteiger partial charge < -0.3 is 16.2 Å². The fourth-order valence-electron chi connectivity index (χ4n) is 0.943. The molecular weight excluding hydrogens is 212 g/mol. The number of hydrogen-bond donors (Lipinski definition) is 2. The number of carbonyl (C=O) groups excluding carboxylic acids is 2. The van der Waals surface area contributed by atoms with Crippen LogP contribution < -0.4 is 11.5 Å². The maximum absolute atomic E-state index is 11.3. The number of nitrogens with zero attached hydrogens (tertiary/aromatic N) is 2. The van der Waals surface area contributed by atoms with Crippen LogP contribution in [0, 0.1) is 5.92 Å². The zero-order valence-electron chi connectivity index (χ0n) is 8.92. The van der Waals surface area contributed by atoms with Gasteiger partial charge >= 0.3 is 5.97 Å². The fourth-order valence-corrected chi connectivity index (χ4v) is 0.943. The zero-order chi connectivity index (χ0) is 12.1. The zero-order valence-corrected chi connectivity index (χ0v) is 8.92. The van der Waals surface area contributed by atoms with Crippen LogP contribution in [0.3, 0.4) is 0 Å². The maximum atomic E-state index is 11.3. The largest absolute Gasteiger partial charge is 0.463 e. The molecule has 1 atom stereocenters. The van der Waals surface area contributed by atoms with Crippen LogP contribution in [0.4, 0.5) is 5.82 Å². The van der Waals surface area contributed by atoms with Crippen LogP contribution in [0.1, 0.15) is 6.92 Å². The van der Waals surface area contributed by atoms with Gasteiger partial charge in [0.2, 0.25) is 5.91 Å². The standard InChI is InChI=1S/C9H14N4O3/c1-6(9(11)15)5-16-8(14)4-13-3-2-7(10)12-13/h2-3,6H,4-5H2,1H3,(H2,10,12)(H2,11,15). The number of anilines is 1. The first-order valence-electron chi connectivity index (χ1n) is 4.73. The second-order valence-corrected chi connectivity index (χ2v) is 3.42. The van der Waals surface area contributed by atoms with Gasteiger partial charge in [0.05, 0.1) is 5.92 Å². The molecule has 0 radical (unpaired) electrons. The molecule has 0 aromatic carbocycles. The van der Waals surface area contributed by atoms with Gasteiger partial charge in [0.1, 0.15) is 19.0 Å². The Hall–Kier alpha value is -2.05. The number of hydrogen-bond acceptors (Lipinski definition) is 5. The Kier molecular flexibility index (Phi) is 3.87. The Bertz CT molecular complexity index is 388. The lowest BCUT2D eigenvalue weighted by molar-refractivity contribution is -0.146. The normalized spacial score (nSPS) is 12.1. The van der Waals surface area contributed by atoms with E-state index in [1.165, 1.54) is 4.68 Å². The Morgan fingerprint density at radius 3 is 2.81 bits per heavy atom. The molecule has 88 valence electrons. The van der Waals surface area contributed by atoms with Gasteiger partial charge in [0.15, 0.2) is 0 Å². The molecular formula is C9H14N4O3. The van der Waals surface area contributed by atoms with E-state index in [0.29, 0.717) is 5.82 Å². The molecule has 0 spiro atoms. The molecule has 1 amide bonds. The molecule has 1 heterocycles. The van der Waals surface area contributed by atoms with E-state index >= 15 is 0 Å². The summed E-state index contributed by atoms with van der Waals surface area (Å²) in [6.45, 7) is 1.52. The third-order valence-electron chi connectivity index (χ3n) is 1.93. The molecule has 0 aliphatic heterocycles. The molecule has 1 unspecified atom stereocenters. The third-order valence-corrected chi connectivity index (χ3v) is 1.93. The second kappa shape index (κ2) is 5.15. The summed E-state index contributed by atoms with van der Waals surface area (Å²) in [5.74, 6) is -1.16. The van der Waals surface area contributed by atoms with Crippen molar-refractivity contribution in [2.45, 2.75) is 13.5 Å². The Morgan fingerprint density at radius 2 is 2.31 bits per heavy atom. The average molecular weight is 226 g/mol. The van der Waals surface area contributed by atoms with Gasteiger partial charge in [0, 0.05) is 6.20 Å². The Balaban J connectivity index is 2.34. The number of esters is 1. The van der Waals surface area contributed by atoms with Crippen molar-refractivity contribution >= 4 is 17.7 Å². The predicted molar refractivity (Wildman–Crippen MR) is 56.0 cm³/mol. The summed E-state index contributed by atoms with van der Waals surface area (Å²) < 4.78 is 6.19. The first-order chi connectivity index (χ1) is 7.49. The summed E-state index contributed by atoms with van der Waals surface area (Å²) in [6.07, 6.45) is 1.56. The number of nitrogens with two attached hydrogens (primary N) is 2. The van der Waals surface area contributed by atoms with E-state index < -0.39 is 17.8 Å². The summed E-state index contributed by atoms with van der Waals surface area (Å²) >= 11 is 0. The summed E-state index contributed by atoms with van der Waals surface area (Å²) in [5, 5.41) is 3.81. The van der Waals surface area contributed by atoms with Crippen molar-refractivity contribution in [2.75, 3.05) is 12.3 Å². The molecule has 1 aromatic rings. The van der Waals surface area contributed by atoms with Gasteiger partial charge in [0.25, 0.3) is 0 Å². The van der Waals surface area contributed by atoms with Crippen molar-refractivity contribution in [3.05, 3.63) is 12.3 Å². The Labute approximate surface area is 92.3 Å². The number of aromatic nitrogens is 2. The molecule has 16 heavy (non-hydrogen) atoms. The van der Waals surface area contributed by atoms with Gasteiger partial charge in [-0.3, -0.25) is 14.3 Å². The average Bonchev–Trinajstić information content (AvgIpc) is 2.60. The van der Waals surface area contributed by atoms with E-state index in [9.17, 15) is 9.59 Å². The molecule has 0 saturated carbocycles. The topological polar surface area (TPSA) is 113 Å². The summed E-state index contributed by atoms with van der Waals surface area (Å²) in [6, 6.07) is 1.57. The van der Waals surface area contributed by atoms with Crippen molar-refractivity contribution in [2.24, 2.45) is 11.7 Å². The summed E-state index contributed by atoms with van der Waals surface area (Å²) in [5.41, 5.74) is 10.4. The molecule has 7 heteroatoms. The molecule has 0 fully saturated rings. The smallest absolute Gasteiger partial charge is 0.327 e. The lowest BCUT2D eigenvalue weighted by atomic mass is 10.2. The van der Waals surface area contributed by atoms with Crippen molar-refractivity contribution in [1.82, 2.24) is 9.78 Å². The van der Waals surface area contributed by atoms with Crippen LogP contribution in [-0.4, -0.2) is 28.3 Å². The molecule has 1 rings (SSSR count). The molecule has 0 aliphatic carbocycles. The van der Waals surface area contributed by atoms with Gasteiger partial charge in [-0.1, -0.05) is 6.92 Å². The third kappa shape index (κ3) is 3.60. The van der Waals surface area contributed by atoms with E-state index in [-0.39, 0.29) is 13.2 Å². The molecule has 0 aliphatic rings. The molecule has 4 N–H and O–H groups in total. The minimum absolute atomic E-state index is 0.0229. The maximum Gasteiger partial charge on any atom is 0.327 e. The van der Waals surface area contributed by atoms with Crippen LogP contribution in [0.5, 0.6) is 0 Å². The van der Waals surface area contributed by atoms with Gasteiger partial charge in [-0.05, 0) is 6.07 Å². The van der Waals surface area contributed by atoms with Crippen LogP contribution in [0.2, 0.25) is 0 Å². The quantitative estimate of drug-likeness (QED) is 0.633.